The van der Waals surface area contributed by atoms with Crippen LogP contribution in [0, 0.1) is 17.8 Å². The van der Waals surface area contributed by atoms with Crippen molar-refractivity contribution in [2.45, 2.75) is 117 Å². The van der Waals surface area contributed by atoms with Crippen molar-refractivity contribution in [3.8, 4) is 27.4 Å². The van der Waals surface area contributed by atoms with Gasteiger partial charge in [-0.2, -0.15) is 5.10 Å². The van der Waals surface area contributed by atoms with Gasteiger partial charge in [0.25, 0.3) is 5.91 Å². The van der Waals surface area contributed by atoms with Gasteiger partial charge in [-0.25, -0.2) is 4.98 Å². The molecule has 0 unspecified atom stereocenters. The van der Waals surface area contributed by atoms with Gasteiger partial charge >= 0.3 is 0 Å². The highest BCUT2D eigenvalue weighted by atomic mass is 35.5. The standard InChI is InChI=1S/C54H61Cl2N9O7S/c1-29(33-10-12-34(13-11-33)48-30(2)59-28-73-48)60-51(70)44-21-36(67)26-65(44)52(71)49(53(5,6)7)62-45(68)23-54(18-8-9-19-54)27-58-50(69)38-16-14-35(20-43(38)61-32(4)66)47-39-22-37(15-17-42(39)63-64-47)72-31(3)46-40(55)24-57-25-41(46)56/h10-17,20,22,24-25,28-29,31,36,44,49,67H,8-9,18-19,21,23,26-27H2,1-7H3,(H,58,69)(H,60,70)(H,61,66)(H,62,68)(H,63,64)/t29-,31+,36+,44-,49+/m0/s1. The van der Waals surface area contributed by atoms with Crippen LogP contribution in [-0.2, 0) is 19.2 Å². The number of fused-ring (bicyclic) bond motifs is 1. The molecule has 1 aliphatic carbocycles. The Labute approximate surface area is 438 Å². The van der Waals surface area contributed by atoms with E-state index in [-0.39, 0.29) is 55.0 Å². The molecular formula is C54H61Cl2N9O7S. The number of likely N-dealkylation sites (tertiary alicyclic amines) is 1. The SMILES string of the molecule is CC(=O)Nc1cc(-c2n[nH]c3ccc(O[C@H](C)c4c(Cl)cncc4Cl)cc23)ccc1C(=O)NCC1(CC(=O)N[C@H](C(=O)N2C[C@H](O)C[C@H]2C(=O)N[C@@H](C)c2ccc(-c3scnc3C)cc2)C(C)(C)C)CCCC1. The number of pyridine rings is 1. The molecule has 8 rings (SSSR count). The van der Waals surface area contributed by atoms with E-state index >= 15 is 0 Å². The first-order chi connectivity index (χ1) is 34.7. The summed E-state index contributed by atoms with van der Waals surface area (Å²) >= 11 is 14.4. The van der Waals surface area contributed by atoms with Crippen molar-refractivity contribution in [3.63, 3.8) is 0 Å². The van der Waals surface area contributed by atoms with Gasteiger partial charge in [-0.15, -0.1) is 11.3 Å². The van der Waals surface area contributed by atoms with Gasteiger partial charge in [-0.1, -0.05) is 87.1 Å². The third-order valence-electron chi connectivity index (χ3n) is 13.9. The lowest BCUT2D eigenvalue weighted by Crippen LogP contribution is -2.58. The summed E-state index contributed by atoms with van der Waals surface area (Å²) in [5, 5.41) is 31.9. The van der Waals surface area contributed by atoms with Crippen molar-refractivity contribution >= 4 is 80.7 Å². The first-order valence-electron chi connectivity index (χ1n) is 24.4. The molecule has 5 atom stereocenters. The Hall–Kier alpha value is -6.40. The number of amides is 5. The number of anilines is 1. The monoisotopic (exact) mass is 1050 g/mol. The summed E-state index contributed by atoms with van der Waals surface area (Å²) in [5.74, 6) is -1.50. The smallest absolute Gasteiger partial charge is 0.253 e. The normalized spacial score (nSPS) is 17.7. The second-order valence-electron chi connectivity index (χ2n) is 20.4. The van der Waals surface area contributed by atoms with Crippen LogP contribution in [0.4, 0.5) is 5.69 Å². The number of thiazole rings is 1. The molecule has 384 valence electrons. The van der Waals surface area contributed by atoms with Crippen LogP contribution in [0.2, 0.25) is 10.0 Å². The van der Waals surface area contributed by atoms with E-state index in [9.17, 15) is 29.1 Å². The molecule has 2 fully saturated rings. The fourth-order valence-electron chi connectivity index (χ4n) is 10.0. The Morgan fingerprint density at radius 1 is 0.959 bits per heavy atom. The number of carbonyl (C=O) groups excluding carboxylic acids is 5. The van der Waals surface area contributed by atoms with Crippen molar-refractivity contribution in [1.82, 2.24) is 41.0 Å². The van der Waals surface area contributed by atoms with E-state index in [4.69, 9.17) is 27.9 Å². The van der Waals surface area contributed by atoms with E-state index in [2.05, 4.69) is 41.4 Å². The molecule has 4 heterocycles. The third kappa shape index (κ3) is 12.0. The summed E-state index contributed by atoms with van der Waals surface area (Å²) in [6, 6.07) is 16.1. The van der Waals surface area contributed by atoms with Gasteiger partial charge < -0.3 is 36.0 Å². The zero-order chi connectivity index (χ0) is 52.4. The maximum Gasteiger partial charge on any atom is 0.253 e. The summed E-state index contributed by atoms with van der Waals surface area (Å²) in [6.45, 7) is 12.7. The van der Waals surface area contributed by atoms with Crippen molar-refractivity contribution in [1.29, 1.82) is 0 Å². The third-order valence-corrected chi connectivity index (χ3v) is 15.5. The molecule has 6 aromatic rings. The summed E-state index contributed by atoms with van der Waals surface area (Å²) < 4.78 is 6.26. The van der Waals surface area contributed by atoms with Crippen molar-refractivity contribution in [2.24, 2.45) is 10.8 Å². The summed E-state index contributed by atoms with van der Waals surface area (Å²) in [7, 11) is 0. The van der Waals surface area contributed by atoms with E-state index in [1.807, 2.05) is 83.5 Å². The molecule has 16 nitrogen and oxygen atoms in total. The van der Waals surface area contributed by atoms with E-state index in [0.717, 1.165) is 45.4 Å². The first kappa shape index (κ1) is 52.9. The van der Waals surface area contributed by atoms with Gasteiger partial charge in [0.15, 0.2) is 0 Å². The zero-order valence-corrected chi connectivity index (χ0v) is 44.2. The molecular weight excluding hydrogens is 990 g/mol. The second-order valence-corrected chi connectivity index (χ2v) is 22.1. The predicted octanol–water partition coefficient (Wildman–Crippen LogP) is 9.51. The lowest BCUT2D eigenvalue weighted by molar-refractivity contribution is -0.144. The van der Waals surface area contributed by atoms with Crippen LogP contribution in [0.15, 0.2) is 78.6 Å². The predicted molar refractivity (Wildman–Crippen MR) is 283 cm³/mol. The number of ether oxygens (including phenoxy) is 1. The number of aromatic nitrogens is 4. The van der Waals surface area contributed by atoms with Crippen LogP contribution in [0.1, 0.15) is 119 Å². The molecule has 0 bridgehead atoms. The lowest BCUT2D eigenvalue weighted by Gasteiger charge is -2.36. The molecule has 0 spiro atoms. The van der Waals surface area contributed by atoms with Crippen molar-refractivity contribution in [2.75, 3.05) is 18.4 Å². The maximum absolute atomic E-state index is 14.5. The number of aromatic amines is 1. The molecule has 3 aromatic heterocycles. The van der Waals surface area contributed by atoms with Gasteiger partial charge in [-0.3, -0.25) is 34.1 Å². The Bertz CT molecular complexity index is 3020. The molecule has 73 heavy (non-hydrogen) atoms. The molecule has 2 aliphatic rings. The van der Waals surface area contributed by atoms with Gasteiger partial charge in [0.2, 0.25) is 23.6 Å². The number of β-amino-alcohol motifs (C(OH)–C–C–N with tert-alkyl or cyclic N) is 1. The van der Waals surface area contributed by atoms with E-state index in [1.165, 1.54) is 24.2 Å². The quantitative estimate of drug-likeness (QED) is 0.0539. The van der Waals surface area contributed by atoms with Gasteiger partial charge in [-0.05, 0) is 85.9 Å². The average Bonchev–Trinajstić information content (AvgIpc) is 4.17. The number of hydrogen-bond acceptors (Lipinski definition) is 11. The summed E-state index contributed by atoms with van der Waals surface area (Å²) in [6.07, 6.45) is 4.72. The fourth-order valence-corrected chi connectivity index (χ4v) is 11.5. The Kier molecular flexibility index (Phi) is 15.9. The van der Waals surface area contributed by atoms with Crippen LogP contribution >= 0.6 is 34.5 Å². The number of rotatable bonds is 16. The topological polar surface area (TPSA) is 221 Å². The molecule has 1 aliphatic heterocycles. The molecule has 0 radical (unpaired) electrons. The van der Waals surface area contributed by atoms with E-state index in [1.54, 1.807) is 35.6 Å². The number of aliphatic hydroxyl groups excluding tert-OH is 1. The number of aryl methyl sites for hydroxylation is 1. The molecule has 19 heteroatoms. The van der Waals surface area contributed by atoms with Gasteiger partial charge in [0.1, 0.15) is 29.6 Å². The van der Waals surface area contributed by atoms with E-state index in [0.29, 0.717) is 45.5 Å². The zero-order valence-electron chi connectivity index (χ0n) is 41.9. The van der Waals surface area contributed by atoms with Gasteiger partial charge in [0, 0.05) is 61.8 Å². The van der Waals surface area contributed by atoms with Crippen LogP contribution in [0.25, 0.3) is 32.6 Å². The number of carbonyl (C=O) groups is 5. The highest BCUT2D eigenvalue weighted by Crippen LogP contribution is 2.42. The number of nitrogens with zero attached hydrogens (tertiary/aromatic N) is 4. The average molecular weight is 1050 g/mol. The molecule has 1 saturated carbocycles. The largest absolute Gasteiger partial charge is 0.486 e. The first-order valence-corrected chi connectivity index (χ1v) is 26.1. The summed E-state index contributed by atoms with van der Waals surface area (Å²) in [4.78, 5) is 80.1. The lowest BCUT2D eigenvalue weighted by atomic mass is 9.81. The highest BCUT2D eigenvalue weighted by Gasteiger charge is 2.46. The molecule has 1 saturated heterocycles. The molecule has 3 aromatic carbocycles. The number of aliphatic hydroxyl groups is 1. The van der Waals surface area contributed by atoms with Crippen LogP contribution in [0.3, 0.4) is 0 Å². The Morgan fingerprint density at radius 2 is 1.66 bits per heavy atom. The number of hydrogen-bond donors (Lipinski definition) is 6. The Morgan fingerprint density at radius 3 is 2.32 bits per heavy atom. The summed E-state index contributed by atoms with van der Waals surface area (Å²) in [5.41, 5.74) is 6.31. The minimum absolute atomic E-state index is 0.0371. The Balaban J connectivity index is 0.930. The highest BCUT2D eigenvalue weighted by molar-refractivity contribution is 7.13. The second kappa shape index (κ2) is 22.0. The molecule has 5 amide bonds. The van der Waals surface area contributed by atoms with Crippen molar-refractivity contribution < 1.29 is 33.8 Å². The van der Waals surface area contributed by atoms with E-state index < -0.39 is 52.8 Å². The minimum Gasteiger partial charge on any atom is -0.486 e. The van der Waals surface area contributed by atoms with Crippen LogP contribution < -0.4 is 26.0 Å². The number of halogens is 2. The van der Waals surface area contributed by atoms with Crippen LogP contribution in [-0.4, -0.2) is 91.0 Å². The van der Waals surface area contributed by atoms with Crippen molar-refractivity contribution in [3.05, 3.63) is 111 Å². The number of nitrogens with one attached hydrogen (secondary N) is 5. The molecule has 6 N–H and O–H groups in total. The van der Waals surface area contributed by atoms with Gasteiger partial charge in [0.05, 0.1) is 55.0 Å². The number of H-pyrrole nitrogens is 1. The number of benzene rings is 3. The minimum atomic E-state index is -1.02. The fraction of sp³-hybridized carbons (Fsp3) is 0.407. The van der Waals surface area contributed by atoms with Crippen LogP contribution in [0.5, 0.6) is 5.75 Å². The maximum atomic E-state index is 14.5.